The van der Waals surface area contributed by atoms with Crippen LogP contribution in [-0.4, -0.2) is 329 Å². The molecular weight excluding hydrogens is 1840 g/mol. The second kappa shape index (κ2) is 55.2. The number of aryl methyl sites for hydroxylation is 3. The minimum atomic E-state index is -1.87. The first-order valence-electron chi connectivity index (χ1n) is 45.7. The normalized spacial score (nSPS) is 23.0. The lowest BCUT2D eigenvalue weighted by Crippen LogP contribution is -2.61. The summed E-state index contributed by atoms with van der Waals surface area (Å²) in [6, 6.07) is 15.1. The molecule has 6 heterocycles. The van der Waals surface area contributed by atoms with Gasteiger partial charge in [-0.2, -0.15) is 0 Å². The van der Waals surface area contributed by atoms with Crippen molar-refractivity contribution in [3.05, 3.63) is 124 Å². The van der Waals surface area contributed by atoms with Gasteiger partial charge in [0.25, 0.3) is 35.4 Å². The number of carboxylic acids is 3. The smallest absolute Gasteiger partial charge is 0.335 e. The second-order valence-corrected chi connectivity index (χ2v) is 36.6. The van der Waals surface area contributed by atoms with Gasteiger partial charge in [0.15, 0.2) is 18.3 Å². The zero-order valence-corrected chi connectivity index (χ0v) is 79.2. The number of imide groups is 3. The number of unbranched alkanes of at least 4 members (excludes halogenated alkanes) is 2. The second-order valence-electron chi connectivity index (χ2n) is 36.6. The summed E-state index contributed by atoms with van der Waals surface area (Å²) in [5.74, 6) is -8.26. The summed E-state index contributed by atoms with van der Waals surface area (Å²) in [6.45, 7) is 18.0. The van der Waals surface area contributed by atoms with E-state index in [2.05, 4.69) is 0 Å². The first kappa shape index (κ1) is 115. The molecule has 3 aromatic rings. The van der Waals surface area contributed by atoms with Crippen molar-refractivity contribution in [3.8, 4) is 17.2 Å². The summed E-state index contributed by atoms with van der Waals surface area (Å²) in [4.78, 5) is 180. The molecule has 0 radical (unpaired) electrons. The van der Waals surface area contributed by atoms with Crippen LogP contribution in [0.2, 0.25) is 0 Å². The van der Waals surface area contributed by atoms with Crippen molar-refractivity contribution in [1.82, 2.24) is 14.7 Å². The van der Waals surface area contributed by atoms with Gasteiger partial charge in [0, 0.05) is 138 Å². The Balaban J connectivity index is 0.000000285. The highest BCUT2D eigenvalue weighted by Gasteiger charge is 2.51. The molecule has 768 valence electrons. The highest BCUT2D eigenvalue weighted by atomic mass is 16.7. The van der Waals surface area contributed by atoms with Gasteiger partial charge in [-0.3, -0.25) is 72.2 Å². The fourth-order valence-electron chi connectivity index (χ4n) is 14.0. The third-order valence-corrected chi connectivity index (χ3v) is 22.2. The fraction of sp³-hybridized carbons (Fsp3) is 0.594. The summed E-state index contributed by atoms with van der Waals surface area (Å²) in [7, 11) is 0. The van der Waals surface area contributed by atoms with Crippen molar-refractivity contribution in [3.63, 3.8) is 0 Å². The Morgan fingerprint density at radius 2 is 0.547 bits per heavy atom. The highest BCUT2D eigenvalue weighted by Crippen LogP contribution is 2.35. The predicted octanol–water partition coefficient (Wildman–Crippen LogP) is 2.39. The summed E-state index contributed by atoms with van der Waals surface area (Å²) >= 11 is 0. The van der Waals surface area contributed by atoms with Crippen LogP contribution in [0.15, 0.2) is 91.1 Å². The number of amides is 6. The number of carboxylic acid groups (broad SMARTS) is 3. The molecule has 15 atom stereocenters. The minimum Gasteiger partial charge on any atom is -0.479 e. The van der Waals surface area contributed by atoms with Crippen LogP contribution in [0.5, 0.6) is 17.2 Å². The van der Waals surface area contributed by atoms with E-state index >= 15 is 0 Å². The zero-order valence-electron chi connectivity index (χ0n) is 79.2. The Labute approximate surface area is 802 Å². The Hall–Kier alpha value is -11.1. The molecule has 0 aliphatic carbocycles. The maximum absolute atomic E-state index is 12.4. The number of benzene rings is 3. The van der Waals surface area contributed by atoms with E-state index in [4.69, 9.17) is 61.6 Å². The van der Waals surface area contributed by atoms with E-state index in [1.807, 2.05) is 0 Å². The number of hydrogen-bond acceptors (Lipinski definition) is 37. The Kier molecular flexibility index (Phi) is 45.6. The van der Waals surface area contributed by atoms with Crippen molar-refractivity contribution in [2.24, 2.45) is 16.2 Å². The lowest BCUT2D eigenvalue weighted by Gasteiger charge is -2.38. The van der Waals surface area contributed by atoms with Crippen LogP contribution in [0.4, 0.5) is 0 Å². The minimum absolute atomic E-state index is 0.0353. The van der Waals surface area contributed by atoms with Crippen LogP contribution < -0.4 is 14.2 Å². The molecule has 3 aromatic carbocycles. The van der Waals surface area contributed by atoms with Gasteiger partial charge in [-0.05, 0) is 173 Å². The molecule has 43 nitrogen and oxygen atoms in total. The first-order valence-corrected chi connectivity index (χ1v) is 45.7. The standard InChI is InChI=1S/C35H49NO15.C31H41NO13.C30H39NO12/c1-35(2,3)34(45)49-21-23-20-22(8-9-25(23)50-33-30(42)28(40)29(41)31(51-33)32(43)44)6-4-14-46-16-18-48-19-17-47-15-5-7-24(37)12-13-36-26(38)10-11-27(36)39;1-31(2,3)30(41)43-17-19-16-18(8-9-21(19)44-29-26(38)24(36)25(37)27(45-29)28(39)40)6-4-14-42-15-5-7-20(33)12-13-32-22(34)10-11-23(32)35;1-30(2,3)29(40)41-16-18-15-17(7-5-4-6-8-19(32)13-14-31-21(33)11-12-22(31)34)9-10-20(18)42-28-25(37)23(35)24(36)26(43-28)27(38)39/h8-11,20,28-31,33,40-42H,4-7,12-19,21H2,1-3H3,(H,43,44);8-11,16,24-27,29,36-38H,4-7,12-15,17H2,1-3H3,(H,39,40);9-12,15,23-26,28,35-37H,4-8,13-14,16H2,1-3H3,(H,38,39)/t28-,29-,30+,31-,33+;24-,25-,26+,27-,29+;23-,24-,25+,26-,28+/m000/s1. The molecule has 139 heavy (non-hydrogen) atoms. The molecule has 3 saturated heterocycles. The van der Waals surface area contributed by atoms with Crippen molar-refractivity contribution in [2.75, 3.05) is 72.5 Å². The van der Waals surface area contributed by atoms with Crippen molar-refractivity contribution in [1.29, 1.82) is 0 Å². The Morgan fingerprint density at radius 3 is 0.813 bits per heavy atom. The zero-order chi connectivity index (χ0) is 103. The summed E-state index contributed by atoms with van der Waals surface area (Å²) < 4.78 is 71.5. The van der Waals surface area contributed by atoms with Crippen molar-refractivity contribution >= 4 is 88.6 Å². The summed E-state index contributed by atoms with van der Waals surface area (Å²) in [6.07, 6.45) is -12.3. The predicted molar refractivity (Wildman–Crippen MR) is 479 cm³/mol. The molecule has 3 fully saturated rings. The van der Waals surface area contributed by atoms with Gasteiger partial charge in [0.1, 0.15) is 109 Å². The SMILES string of the molecule is CC(C)(C)C(=O)OCc1cc(CCCCCC(=O)CCN2C(=O)C=CC2=O)ccc1O[C@@H]1O[C@H](C(=O)O)[C@@H](O)[C@H](O)[C@H]1O.CC(C)(C)C(=O)OCc1cc(CCCOCCCC(=O)CCN2C(=O)C=CC2=O)ccc1O[C@@H]1O[C@H](C(=O)O)[C@@H](O)[C@H](O)[C@H]1O.CC(C)(C)C(=O)OCc1cc(CCCOCCOCCOCCCC(=O)CCN2C(=O)C=CC2=O)ccc1O[C@@H]1O[C@H](C(=O)O)[C@@H](O)[C@H](O)[C@H]1O. The summed E-state index contributed by atoms with van der Waals surface area (Å²) in [5.41, 5.74) is 1.48. The number of carbonyl (C=O) groups is 15. The van der Waals surface area contributed by atoms with Gasteiger partial charge in [-0.15, -0.1) is 0 Å². The molecule has 6 amide bonds. The fourth-order valence-corrected chi connectivity index (χ4v) is 14.0. The van der Waals surface area contributed by atoms with E-state index in [1.54, 1.807) is 117 Å². The van der Waals surface area contributed by atoms with E-state index < -0.39 is 180 Å². The molecule has 0 bridgehead atoms. The van der Waals surface area contributed by atoms with Crippen LogP contribution >= 0.6 is 0 Å². The number of esters is 3. The van der Waals surface area contributed by atoms with Crippen LogP contribution in [0, 0.1) is 16.2 Å². The first-order chi connectivity index (χ1) is 65.6. The molecule has 43 heteroatoms. The van der Waals surface area contributed by atoms with Crippen LogP contribution in [0.1, 0.15) is 179 Å². The van der Waals surface area contributed by atoms with Gasteiger partial charge in [-0.1, -0.05) is 24.6 Å². The van der Waals surface area contributed by atoms with E-state index in [1.165, 1.54) is 36.5 Å². The van der Waals surface area contributed by atoms with Gasteiger partial charge in [0.2, 0.25) is 18.9 Å². The third-order valence-electron chi connectivity index (χ3n) is 22.2. The molecule has 6 aliphatic heterocycles. The highest BCUT2D eigenvalue weighted by molar-refractivity contribution is 6.14. The van der Waals surface area contributed by atoms with E-state index in [-0.39, 0.29) is 99.7 Å². The summed E-state index contributed by atoms with van der Waals surface area (Å²) in [5, 5.41) is 119. The molecule has 0 unspecified atom stereocenters. The number of hydrogen-bond donors (Lipinski definition) is 12. The van der Waals surface area contributed by atoms with E-state index in [9.17, 15) is 133 Å². The third kappa shape index (κ3) is 36.5. The van der Waals surface area contributed by atoms with Crippen molar-refractivity contribution < 1.29 is 195 Å². The topological polar surface area (TPSA) is 629 Å². The van der Waals surface area contributed by atoms with Gasteiger partial charge >= 0.3 is 35.8 Å². The molecule has 9 rings (SSSR count). The molecule has 12 N–H and O–H groups in total. The maximum Gasteiger partial charge on any atom is 0.335 e. The number of aliphatic carboxylic acids is 3. The Bertz CT molecular complexity index is 4760. The number of ether oxygens (including phenoxy) is 13. The number of aliphatic hydroxyl groups is 9. The van der Waals surface area contributed by atoms with Crippen molar-refractivity contribution in [2.45, 2.75) is 277 Å². The number of Topliss-reactive ketones (excluding diaryl/α,β-unsaturated/α-hetero) is 3. The number of nitrogens with zero attached hydrogens (tertiary/aromatic N) is 3. The lowest BCUT2D eigenvalue weighted by atomic mass is 9.97. The van der Waals surface area contributed by atoms with E-state index in [0.29, 0.717) is 134 Å². The molecule has 0 saturated carbocycles. The average Bonchev–Trinajstić information content (AvgIpc) is 1.63. The Morgan fingerprint density at radius 1 is 0.302 bits per heavy atom. The number of rotatable bonds is 52. The maximum atomic E-state index is 12.4. The van der Waals surface area contributed by atoms with Gasteiger partial charge in [0.05, 0.1) is 42.7 Å². The molecular formula is C96H129N3O40. The van der Waals surface area contributed by atoms with Crippen LogP contribution in [0.3, 0.4) is 0 Å². The number of ketones is 3. The lowest BCUT2D eigenvalue weighted by molar-refractivity contribution is -0.271. The largest absolute Gasteiger partial charge is 0.479 e. The van der Waals surface area contributed by atoms with Gasteiger partial charge < -0.3 is 123 Å². The average molecular weight is 1970 g/mol. The number of aliphatic hydroxyl groups excluding tert-OH is 9. The number of carbonyl (C=O) groups excluding carboxylic acids is 12. The van der Waals surface area contributed by atoms with E-state index in [0.717, 1.165) is 44.2 Å². The van der Waals surface area contributed by atoms with Crippen LogP contribution in [0.25, 0.3) is 0 Å². The molecule has 0 spiro atoms. The van der Waals surface area contributed by atoms with Gasteiger partial charge in [-0.25, -0.2) is 14.4 Å². The van der Waals surface area contributed by atoms with Crippen LogP contribution in [-0.2, 0) is 158 Å². The quantitative estimate of drug-likeness (QED) is 0.0167. The molecule has 6 aliphatic rings. The monoisotopic (exact) mass is 1960 g/mol. The molecule has 0 aromatic heterocycles.